The predicted octanol–water partition coefficient (Wildman–Crippen LogP) is 1.84. The summed E-state index contributed by atoms with van der Waals surface area (Å²) in [4.78, 5) is 25.9. The van der Waals surface area contributed by atoms with Gasteiger partial charge in [0.25, 0.3) is 0 Å². The van der Waals surface area contributed by atoms with Crippen LogP contribution in [-0.4, -0.2) is 60.3 Å². The van der Waals surface area contributed by atoms with E-state index in [-0.39, 0.29) is 12.7 Å². The molecular weight excluding hydrogens is 358 g/mol. The molecule has 1 amide bonds. The van der Waals surface area contributed by atoms with Gasteiger partial charge in [-0.3, -0.25) is 4.79 Å². The molecule has 1 saturated heterocycles. The predicted molar refractivity (Wildman–Crippen MR) is 106 cm³/mol. The van der Waals surface area contributed by atoms with E-state index in [1.165, 1.54) is 0 Å². The second-order valence-electron chi connectivity index (χ2n) is 6.96. The lowest BCUT2D eigenvalue weighted by atomic mass is 10.1. The number of amides is 1. The molecule has 8 heteroatoms. The lowest BCUT2D eigenvalue weighted by Gasteiger charge is -2.35. The van der Waals surface area contributed by atoms with Crippen molar-refractivity contribution in [2.75, 3.05) is 49.7 Å². The Hall–Kier alpha value is -3.03. The largest absolute Gasteiger partial charge is 0.454 e. The highest BCUT2D eigenvalue weighted by atomic mass is 16.7. The lowest BCUT2D eigenvalue weighted by molar-refractivity contribution is -0.130. The first-order valence-electron chi connectivity index (χ1n) is 9.63. The lowest BCUT2D eigenvalue weighted by Crippen LogP contribution is -2.49. The van der Waals surface area contributed by atoms with Crippen LogP contribution in [0.25, 0.3) is 0 Å². The highest BCUT2D eigenvalue weighted by Crippen LogP contribution is 2.32. The van der Waals surface area contributed by atoms with Gasteiger partial charge in [0, 0.05) is 44.5 Å². The molecule has 0 aliphatic carbocycles. The molecule has 0 bridgehead atoms. The fourth-order valence-corrected chi connectivity index (χ4v) is 3.46. The van der Waals surface area contributed by atoms with E-state index in [2.05, 4.69) is 20.2 Å². The molecule has 0 saturated carbocycles. The first-order chi connectivity index (χ1) is 13.6. The molecule has 0 radical (unpaired) electrons. The summed E-state index contributed by atoms with van der Waals surface area (Å²) in [5.41, 5.74) is 1.87. The Balaban J connectivity index is 1.35. The summed E-state index contributed by atoms with van der Waals surface area (Å²) in [5.74, 6) is 3.13. The van der Waals surface area contributed by atoms with Gasteiger partial charge in [0.15, 0.2) is 11.5 Å². The number of benzene rings is 1. The van der Waals surface area contributed by atoms with Crippen molar-refractivity contribution in [1.29, 1.82) is 0 Å². The first kappa shape index (κ1) is 18.3. The van der Waals surface area contributed by atoms with E-state index < -0.39 is 0 Å². The van der Waals surface area contributed by atoms with E-state index >= 15 is 0 Å². The van der Waals surface area contributed by atoms with Crippen LogP contribution in [0.5, 0.6) is 11.5 Å². The number of ether oxygens (including phenoxy) is 2. The van der Waals surface area contributed by atoms with Gasteiger partial charge in [-0.25, -0.2) is 4.98 Å². The number of aromatic nitrogens is 2. The van der Waals surface area contributed by atoms with Crippen LogP contribution in [0.4, 0.5) is 11.8 Å². The molecule has 148 valence electrons. The van der Waals surface area contributed by atoms with Gasteiger partial charge in [0.2, 0.25) is 18.6 Å². The quantitative estimate of drug-likeness (QED) is 0.844. The zero-order valence-electron chi connectivity index (χ0n) is 16.3. The van der Waals surface area contributed by atoms with Crippen LogP contribution in [0.2, 0.25) is 0 Å². The number of anilines is 2. The molecular formula is C20H25N5O3. The minimum absolute atomic E-state index is 0.122. The smallest absolute Gasteiger partial charge is 0.231 e. The average Bonchev–Trinajstić information content (AvgIpc) is 3.16. The first-order valence-corrected chi connectivity index (χ1v) is 9.63. The van der Waals surface area contributed by atoms with Gasteiger partial charge in [-0.1, -0.05) is 6.07 Å². The van der Waals surface area contributed by atoms with Crippen LogP contribution in [-0.2, 0) is 11.2 Å². The van der Waals surface area contributed by atoms with E-state index in [1.54, 1.807) is 0 Å². The molecule has 1 fully saturated rings. The van der Waals surface area contributed by atoms with E-state index in [1.807, 2.05) is 43.0 Å². The number of rotatable bonds is 5. The Morgan fingerprint density at radius 2 is 1.89 bits per heavy atom. The van der Waals surface area contributed by atoms with Gasteiger partial charge in [0.05, 0.1) is 6.42 Å². The molecule has 2 aliphatic rings. The fraction of sp³-hybridized carbons (Fsp3) is 0.450. The zero-order valence-corrected chi connectivity index (χ0v) is 16.3. The normalized spacial score (nSPS) is 15.6. The molecule has 2 aliphatic heterocycles. The van der Waals surface area contributed by atoms with Crippen molar-refractivity contribution in [3.8, 4) is 11.5 Å². The number of carbonyl (C=O) groups is 1. The summed E-state index contributed by atoms with van der Waals surface area (Å²) in [6.07, 6.45) is 0.363. The number of aryl methyl sites for hydroxylation is 1. The second-order valence-corrected chi connectivity index (χ2v) is 6.96. The summed E-state index contributed by atoms with van der Waals surface area (Å²) in [6.45, 7) is 7.85. The van der Waals surface area contributed by atoms with Gasteiger partial charge in [0.1, 0.15) is 5.82 Å². The number of fused-ring (bicyclic) bond motifs is 1. The Labute approximate surface area is 164 Å². The average molecular weight is 383 g/mol. The van der Waals surface area contributed by atoms with Gasteiger partial charge in [-0.05, 0) is 31.5 Å². The number of nitrogens with zero attached hydrogens (tertiary/aromatic N) is 4. The number of hydrogen-bond donors (Lipinski definition) is 1. The molecule has 4 rings (SSSR count). The molecule has 1 aromatic heterocycles. The van der Waals surface area contributed by atoms with Crippen LogP contribution in [0.1, 0.15) is 18.2 Å². The maximum atomic E-state index is 12.7. The molecule has 8 nitrogen and oxygen atoms in total. The Kier molecular flexibility index (Phi) is 5.18. The van der Waals surface area contributed by atoms with Crippen molar-refractivity contribution >= 4 is 17.7 Å². The standard InChI is InChI=1S/C20H25N5O3/c1-3-21-18-10-14(2)22-20(23-18)25-8-6-24(7-9-25)19(26)12-15-4-5-16-17(11-15)28-13-27-16/h4-5,10-11H,3,6-9,12-13H2,1-2H3,(H,21,22,23). The maximum absolute atomic E-state index is 12.7. The van der Waals surface area contributed by atoms with E-state index in [0.29, 0.717) is 25.3 Å². The third kappa shape index (κ3) is 3.95. The summed E-state index contributed by atoms with van der Waals surface area (Å²) >= 11 is 0. The van der Waals surface area contributed by atoms with Crippen molar-refractivity contribution in [2.24, 2.45) is 0 Å². The van der Waals surface area contributed by atoms with Gasteiger partial charge in [-0.2, -0.15) is 4.98 Å². The number of piperazine rings is 1. The molecule has 0 spiro atoms. The highest BCUT2D eigenvalue weighted by Gasteiger charge is 2.24. The third-order valence-corrected chi connectivity index (χ3v) is 4.91. The zero-order chi connectivity index (χ0) is 19.5. The van der Waals surface area contributed by atoms with Crippen LogP contribution in [0, 0.1) is 6.92 Å². The summed E-state index contributed by atoms with van der Waals surface area (Å²) in [6, 6.07) is 7.61. The van der Waals surface area contributed by atoms with Crippen LogP contribution >= 0.6 is 0 Å². The number of hydrogen-bond acceptors (Lipinski definition) is 7. The molecule has 1 N–H and O–H groups in total. The van der Waals surface area contributed by atoms with Crippen LogP contribution < -0.4 is 19.7 Å². The maximum Gasteiger partial charge on any atom is 0.231 e. The van der Waals surface area contributed by atoms with Gasteiger partial charge >= 0.3 is 0 Å². The van der Waals surface area contributed by atoms with Crippen LogP contribution in [0.3, 0.4) is 0 Å². The number of carbonyl (C=O) groups excluding carboxylic acids is 1. The van der Waals surface area contributed by atoms with Crippen molar-refractivity contribution in [1.82, 2.24) is 14.9 Å². The van der Waals surface area contributed by atoms with E-state index in [9.17, 15) is 4.79 Å². The van der Waals surface area contributed by atoms with Gasteiger partial charge < -0.3 is 24.6 Å². The molecule has 28 heavy (non-hydrogen) atoms. The van der Waals surface area contributed by atoms with Crippen molar-refractivity contribution in [3.05, 3.63) is 35.5 Å². The Morgan fingerprint density at radius 1 is 1.11 bits per heavy atom. The van der Waals surface area contributed by atoms with Crippen molar-refractivity contribution in [3.63, 3.8) is 0 Å². The topological polar surface area (TPSA) is 79.8 Å². The Bertz CT molecular complexity index is 865. The Morgan fingerprint density at radius 3 is 2.68 bits per heavy atom. The molecule has 1 aromatic carbocycles. The molecule has 2 aromatic rings. The van der Waals surface area contributed by atoms with Crippen molar-refractivity contribution in [2.45, 2.75) is 20.3 Å². The molecule has 0 unspecified atom stereocenters. The minimum atomic E-state index is 0.122. The molecule has 3 heterocycles. The third-order valence-electron chi connectivity index (χ3n) is 4.91. The molecule has 0 atom stereocenters. The fourth-order valence-electron chi connectivity index (χ4n) is 3.46. The monoisotopic (exact) mass is 383 g/mol. The van der Waals surface area contributed by atoms with E-state index in [4.69, 9.17) is 9.47 Å². The highest BCUT2D eigenvalue weighted by molar-refractivity contribution is 5.79. The van der Waals surface area contributed by atoms with Gasteiger partial charge in [-0.15, -0.1) is 0 Å². The SMILES string of the molecule is CCNc1cc(C)nc(N2CCN(C(=O)Cc3ccc4c(c3)OCO4)CC2)n1. The summed E-state index contributed by atoms with van der Waals surface area (Å²) in [7, 11) is 0. The minimum Gasteiger partial charge on any atom is -0.454 e. The van der Waals surface area contributed by atoms with Crippen molar-refractivity contribution < 1.29 is 14.3 Å². The summed E-state index contributed by atoms with van der Waals surface area (Å²) in [5, 5.41) is 3.24. The van der Waals surface area contributed by atoms with E-state index in [0.717, 1.165) is 48.4 Å². The number of nitrogens with one attached hydrogen (secondary N) is 1. The summed E-state index contributed by atoms with van der Waals surface area (Å²) < 4.78 is 10.7. The second kappa shape index (κ2) is 7.92. The van der Waals surface area contributed by atoms with Crippen LogP contribution in [0.15, 0.2) is 24.3 Å².